The average Bonchev–Trinajstić information content (AvgIpc) is 2.57. The Morgan fingerprint density at radius 1 is 1.00 bits per heavy atom. The van der Waals surface area contributed by atoms with Crippen LogP contribution in [0.3, 0.4) is 0 Å². The first kappa shape index (κ1) is 12.1. The van der Waals surface area contributed by atoms with Gasteiger partial charge in [0.15, 0.2) is 5.58 Å². The van der Waals surface area contributed by atoms with Crippen LogP contribution in [0.1, 0.15) is 52.8 Å². The van der Waals surface area contributed by atoms with Gasteiger partial charge in [-0.1, -0.05) is 46.7 Å². The van der Waals surface area contributed by atoms with Crippen molar-refractivity contribution in [1.29, 1.82) is 0 Å². The smallest absolute Gasteiger partial charge is 0.189 e. The number of rotatable bonds is 0. The first-order chi connectivity index (χ1) is 7.71. The first-order valence-electron chi connectivity index (χ1n) is 5.96. The van der Waals surface area contributed by atoms with Crippen LogP contribution in [0.2, 0.25) is 0 Å². The minimum atomic E-state index is -0.0469. The Hall–Kier alpha value is -1.38. The topological polar surface area (TPSA) is 38.9 Å². The lowest BCUT2D eigenvalue weighted by Crippen LogP contribution is -2.13. The van der Waals surface area contributed by atoms with Gasteiger partial charge in [0, 0.05) is 17.2 Å². The van der Waals surface area contributed by atoms with Crippen LogP contribution in [0.15, 0.2) is 16.8 Å². The van der Waals surface area contributed by atoms with Crippen molar-refractivity contribution in [2.24, 2.45) is 0 Å². The zero-order chi connectivity index (χ0) is 12.8. The molecule has 0 N–H and O–H groups in total. The molecule has 2 rings (SSSR count). The second-order valence-corrected chi connectivity index (χ2v) is 6.57. The molecule has 3 nitrogen and oxygen atoms in total. The van der Waals surface area contributed by atoms with Gasteiger partial charge in [0.05, 0.1) is 0 Å². The molecule has 0 aliphatic rings. The highest BCUT2D eigenvalue weighted by molar-refractivity contribution is 5.79. The number of fused-ring (bicyclic) bond motifs is 1. The van der Waals surface area contributed by atoms with Gasteiger partial charge < -0.3 is 4.52 Å². The third-order valence-corrected chi connectivity index (χ3v) is 2.88. The lowest BCUT2D eigenvalue weighted by molar-refractivity contribution is 0.414. The fourth-order valence-electron chi connectivity index (χ4n) is 1.93. The summed E-state index contributed by atoms with van der Waals surface area (Å²) in [6, 6.07) is 2.01. The van der Waals surface area contributed by atoms with E-state index in [0.29, 0.717) is 0 Å². The van der Waals surface area contributed by atoms with E-state index in [2.05, 4.69) is 51.7 Å². The van der Waals surface area contributed by atoms with Gasteiger partial charge in [-0.05, 0) is 11.5 Å². The van der Waals surface area contributed by atoms with Gasteiger partial charge in [0.2, 0.25) is 0 Å². The summed E-state index contributed by atoms with van der Waals surface area (Å²) in [6.45, 7) is 12.9. The maximum Gasteiger partial charge on any atom is 0.189 e. The molecule has 2 heterocycles. The third-order valence-electron chi connectivity index (χ3n) is 2.88. The maximum atomic E-state index is 5.52. The first-order valence-corrected chi connectivity index (χ1v) is 5.96. The van der Waals surface area contributed by atoms with Crippen molar-refractivity contribution in [2.75, 3.05) is 0 Å². The zero-order valence-electron chi connectivity index (χ0n) is 11.5. The molecule has 0 amide bonds. The largest absolute Gasteiger partial charge is 0.354 e. The zero-order valence-corrected chi connectivity index (χ0v) is 11.5. The van der Waals surface area contributed by atoms with E-state index in [1.54, 1.807) is 0 Å². The summed E-state index contributed by atoms with van der Waals surface area (Å²) < 4.78 is 5.52. The van der Waals surface area contributed by atoms with E-state index < -0.39 is 0 Å². The number of hydrogen-bond donors (Lipinski definition) is 0. The van der Waals surface area contributed by atoms with Crippen molar-refractivity contribution in [3.05, 3.63) is 23.5 Å². The van der Waals surface area contributed by atoms with Gasteiger partial charge in [0.1, 0.15) is 11.2 Å². The molecule has 2 aromatic heterocycles. The lowest BCUT2D eigenvalue weighted by atomic mass is 9.85. The standard InChI is InChI=1S/C14H20N2O/c1-13(2,3)9-7-8-15-10-11(9)17-16-12(10)14(4,5)6/h7-8H,1-6H3. The molecule has 2 aromatic rings. The van der Waals surface area contributed by atoms with Crippen molar-refractivity contribution in [1.82, 2.24) is 10.1 Å². The quantitative estimate of drug-likeness (QED) is 0.693. The summed E-state index contributed by atoms with van der Waals surface area (Å²) in [4.78, 5) is 4.43. The minimum Gasteiger partial charge on any atom is -0.354 e. The Bertz CT molecular complexity index is 541. The van der Waals surface area contributed by atoms with E-state index in [9.17, 15) is 0 Å². The van der Waals surface area contributed by atoms with Gasteiger partial charge >= 0.3 is 0 Å². The Morgan fingerprint density at radius 2 is 1.65 bits per heavy atom. The van der Waals surface area contributed by atoms with Crippen LogP contribution in [-0.2, 0) is 10.8 Å². The number of hydrogen-bond acceptors (Lipinski definition) is 3. The summed E-state index contributed by atoms with van der Waals surface area (Å²) in [5.74, 6) is 0. The van der Waals surface area contributed by atoms with Crippen molar-refractivity contribution >= 4 is 11.1 Å². The molecule has 0 fully saturated rings. The Balaban J connectivity index is 2.74. The van der Waals surface area contributed by atoms with E-state index in [4.69, 9.17) is 4.52 Å². The van der Waals surface area contributed by atoms with Crippen molar-refractivity contribution < 1.29 is 4.52 Å². The normalized spacial score (nSPS) is 13.3. The summed E-state index contributed by atoms with van der Waals surface area (Å²) in [7, 11) is 0. The summed E-state index contributed by atoms with van der Waals surface area (Å²) in [5.41, 5.74) is 3.80. The van der Waals surface area contributed by atoms with Crippen LogP contribution < -0.4 is 0 Å². The predicted molar refractivity (Wildman–Crippen MR) is 69.2 cm³/mol. The Labute approximate surface area is 102 Å². The summed E-state index contributed by atoms with van der Waals surface area (Å²) in [5, 5.41) is 4.20. The van der Waals surface area contributed by atoms with Crippen LogP contribution in [0.5, 0.6) is 0 Å². The summed E-state index contributed by atoms with van der Waals surface area (Å²) in [6.07, 6.45) is 1.84. The Kier molecular flexibility index (Phi) is 2.53. The molecule has 0 aliphatic heterocycles. The van der Waals surface area contributed by atoms with Gasteiger partial charge in [-0.15, -0.1) is 0 Å². The van der Waals surface area contributed by atoms with E-state index in [1.807, 2.05) is 12.3 Å². The second-order valence-electron chi connectivity index (χ2n) is 6.57. The molecule has 0 spiro atoms. The minimum absolute atomic E-state index is 0.0376. The molecule has 0 saturated heterocycles. The average molecular weight is 232 g/mol. The molecule has 0 aromatic carbocycles. The van der Waals surface area contributed by atoms with E-state index in [1.165, 1.54) is 0 Å². The highest BCUT2D eigenvalue weighted by Gasteiger charge is 2.27. The van der Waals surface area contributed by atoms with E-state index >= 15 is 0 Å². The molecule has 17 heavy (non-hydrogen) atoms. The summed E-state index contributed by atoms with van der Waals surface area (Å²) >= 11 is 0. The number of pyridine rings is 1. The van der Waals surface area contributed by atoms with Crippen molar-refractivity contribution in [2.45, 2.75) is 52.4 Å². The molecule has 0 atom stereocenters. The van der Waals surface area contributed by atoms with Crippen LogP contribution >= 0.6 is 0 Å². The van der Waals surface area contributed by atoms with E-state index in [-0.39, 0.29) is 10.8 Å². The third kappa shape index (κ3) is 2.06. The molecule has 0 radical (unpaired) electrons. The lowest BCUT2D eigenvalue weighted by Gasteiger charge is -2.18. The fraction of sp³-hybridized carbons (Fsp3) is 0.571. The highest BCUT2D eigenvalue weighted by Crippen LogP contribution is 2.33. The highest BCUT2D eigenvalue weighted by atomic mass is 16.5. The SMILES string of the molecule is CC(C)(C)c1noc2c(C(C)(C)C)ccnc12. The van der Waals surface area contributed by atoms with Gasteiger partial charge in [-0.2, -0.15) is 0 Å². The molecule has 0 unspecified atom stereocenters. The molecule has 0 saturated carbocycles. The number of nitrogens with zero attached hydrogens (tertiary/aromatic N) is 2. The Morgan fingerprint density at radius 3 is 2.18 bits per heavy atom. The van der Waals surface area contributed by atoms with E-state index in [0.717, 1.165) is 22.4 Å². The van der Waals surface area contributed by atoms with Crippen LogP contribution in [0, 0.1) is 0 Å². The second kappa shape index (κ2) is 3.56. The maximum absolute atomic E-state index is 5.52. The molecule has 0 bridgehead atoms. The molecular weight excluding hydrogens is 212 g/mol. The van der Waals surface area contributed by atoms with Crippen molar-refractivity contribution in [3.63, 3.8) is 0 Å². The molecule has 0 aliphatic carbocycles. The van der Waals surface area contributed by atoms with Crippen LogP contribution in [-0.4, -0.2) is 10.1 Å². The van der Waals surface area contributed by atoms with Crippen molar-refractivity contribution in [3.8, 4) is 0 Å². The fourth-order valence-corrected chi connectivity index (χ4v) is 1.93. The molecule has 92 valence electrons. The van der Waals surface area contributed by atoms with Gasteiger partial charge in [-0.25, -0.2) is 0 Å². The molecule has 3 heteroatoms. The number of aromatic nitrogens is 2. The van der Waals surface area contributed by atoms with Crippen LogP contribution in [0.4, 0.5) is 0 Å². The van der Waals surface area contributed by atoms with Gasteiger partial charge in [0.25, 0.3) is 0 Å². The van der Waals surface area contributed by atoms with Gasteiger partial charge in [-0.3, -0.25) is 4.98 Å². The predicted octanol–water partition coefficient (Wildman–Crippen LogP) is 3.82. The monoisotopic (exact) mass is 232 g/mol. The van der Waals surface area contributed by atoms with Crippen LogP contribution in [0.25, 0.3) is 11.1 Å². The molecular formula is C14H20N2O.